The minimum atomic E-state index is -0.572. The van der Waals surface area contributed by atoms with Crippen LogP contribution in [0.1, 0.15) is 18.1 Å². The van der Waals surface area contributed by atoms with Crippen LogP contribution in [0.3, 0.4) is 0 Å². The molecule has 1 unspecified atom stereocenters. The van der Waals surface area contributed by atoms with E-state index < -0.39 is 5.54 Å². The van der Waals surface area contributed by atoms with Gasteiger partial charge in [-0.05, 0) is 39.9 Å². The summed E-state index contributed by atoms with van der Waals surface area (Å²) in [6.07, 6.45) is 0. The van der Waals surface area contributed by atoms with Crippen LogP contribution < -0.4 is 5.73 Å². The van der Waals surface area contributed by atoms with Crippen molar-refractivity contribution in [1.29, 1.82) is 0 Å². The molecule has 2 N–H and O–H groups in total. The van der Waals surface area contributed by atoms with Gasteiger partial charge in [0.1, 0.15) is 0 Å². The Hall–Kier alpha value is -0.350. The van der Waals surface area contributed by atoms with Crippen molar-refractivity contribution in [2.45, 2.75) is 12.5 Å². The van der Waals surface area contributed by atoms with E-state index in [4.69, 9.17) is 17.3 Å². The molecule has 0 bridgehead atoms. The summed E-state index contributed by atoms with van der Waals surface area (Å²) in [5, 5.41) is 4.77. The van der Waals surface area contributed by atoms with Gasteiger partial charge in [0.15, 0.2) is 0 Å². The zero-order valence-electron chi connectivity index (χ0n) is 8.71. The Balaban J connectivity index is 2.55. The Bertz CT molecular complexity index is 507. The average Bonchev–Trinajstić information content (AvgIpc) is 2.65. The third-order valence-corrected chi connectivity index (χ3v) is 4.64. The second kappa shape index (κ2) is 4.49. The molecule has 4 heteroatoms. The number of hydrogen-bond donors (Lipinski definition) is 1. The van der Waals surface area contributed by atoms with Gasteiger partial charge in [-0.25, -0.2) is 0 Å². The monoisotopic (exact) mass is 315 g/mol. The molecule has 2 rings (SSSR count). The minimum absolute atomic E-state index is 0.572. The topological polar surface area (TPSA) is 26.0 Å². The van der Waals surface area contributed by atoms with Crippen molar-refractivity contribution in [3.8, 4) is 0 Å². The van der Waals surface area contributed by atoms with E-state index in [1.165, 1.54) is 0 Å². The van der Waals surface area contributed by atoms with Crippen LogP contribution >= 0.6 is 38.9 Å². The van der Waals surface area contributed by atoms with Crippen molar-refractivity contribution in [3.63, 3.8) is 0 Å². The zero-order chi connectivity index (χ0) is 11.8. The highest BCUT2D eigenvalue weighted by Gasteiger charge is 2.28. The van der Waals surface area contributed by atoms with Crippen LogP contribution in [0, 0.1) is 0 Å². The molecule has 0 fully saturated rings. The van der Waals surface area contributed by atoms with Gasteiger partial charge in [0.05, 0.1) is 5.54 Å². The SMILES string of the molecule is CC(N)(c1ccccc1Cl)c1cscc1Br. The normalized spacial score (nSPS) is 14.8. The maximum absolute atomic E-state index is 6.40. The fourth-order valence-electron chi connectivity index (χ4n) is 1.68. The highest BCUT2D eigenvalue weighted by atomic mass is 79.9. The molecule has 0 aliphatic rings. The second-order valence-electron chi connectivity index (χ2n) is 3.82. The number of nitrogens with two attached hydrogens (primary N) is 1. The summed E-state index contributed by atoms with van der Waals surface area (Å²) >= 11 is 11.3. The molecule has 0 saturated carbocycles. The van der Waals surface area contributed by atoms with Gasteiger partial charge in [-0.2, -0.15) is 11.3 Å². The Morgan fingerprint density at radius 3 is 2.50 bits per heavy atom. The van der Waals surface area contributed by atoms with Gasteiger partial charge < -0.3 is 5.73 Å². The molecule has 0 radical (unpaired) electrons. The maximum atomic E-state index is 6.40. The molecule has 84 valence electrons. The smallest absolute Gasteiger partial charge is 0.0670 e. The predicted octanol–water partition coefficient (Wildman–Crippen LogP) is 4.39. The van der Waals surface area contributed by atoms with Gasteiger partial charge in [-0.3, -0.25) is 0 Å². The first-order chi connectivity index (χ1) is 7.53. The van der Waals surface area contributed by atoms with E-state index in [0.717, 1.165) is 15.6 Å². The first kappa shape index (κ1) is 12.1. The summed E-state index contributed by atoms with van der Waals surface area (Å²) in [4.78, 5) is 0. The minimum Gasteiger partial charge on any atom is -0.318 e. The highest BCUT2D eigenvalue weighted by Crippen LogP contribution is 2.37. The van der Waals surface area contributed by atoms with Gasteiger partial charge in [-0.15, -0.1) is 0 Å². The largest absolute Gasteiger partial charge is 0.318 e. The number of rotatable bonds is 2. The van der Waals surface area contributed by atoms with Crippen LogP contribution in [0.5, 0.6) is 0 Å². The molecule has 1 aromatic carbocycles. The molecule has 0 aliphatic carbocycles. The van der Waals surface area contributed by atoms with Crippen molar-refractivity contribution in [3.05, 3.63) is 55.6 Å². The van der Waals surface area contributed by atoms with Crippen LogP contribution in [-0.2, 0) is 5.54 Å². The first-order valence-corrected chi connectivity index (χ1v) is 6.91. The molecule has 0 amide bonds. The molecule has 1 atom stereocenters. The summed E-state index contributed by atoms with van der Waals surface area (Å²) in [5.74, 6) is 0. The van der Waals surface area contributed by atoms with E-state index in [0.29, 0.717) is 5.02 Å². The molecule has 16 heavy (non-hydrogen) atoms. The van der Waals surface area contributed by atoms with E-state index in [9.17, 15) is 0 Å². The molecule has 0 aliphatic heterocycles. The summed E-state index contributed by atoms with van der Waals surface area (Å²) in [5.41, 5.74) is 7.83. The third kappa shape index (κ3) is 2.05. The van der Waals surface area contributed by atoms with Gasteiger partial charge in [0, 0.05) is 20.4 Å². The summed E-state index contributed by atoms with van der Waals surface area (Å²) in [6.45, 7) is 1.97. The summed E-state index contributed by atoms with van der Waals surface area (Å²) in [7, 11) is 0. The molecule has 1 aromatic heterocycles. The lowest BCUT2D eigenvalue weighted by Crippen LogP contribution is -2.34. The van der Waals surface area contributed by atoms with Crippen LogP contribution in [0.15, 0.2) is 39.5 Å². The Kier molecular flexibility index (Phi) is 3.40. The molecular weight excluding hydrogens is 306 g/mol. The van der Waals surface area contributed by atoms with Crippen molar-refractivity contribution in [1.82, 2.24) is 0 Å². The maximum Gasteiger partial charge on any atom is 0.0670 e. The van der Waals surface area contributed by atoms with Crippen molar-refractivity contribution < 1.29 is 0 Å². The fourth-order valence-corrected chi connectivity index (χ4v) is 3.84. The van der Waals surface area contributed by atoms with Crippen molar-refractivity contribution in [2.75, 3.05) is 0 Å². The molecule has 0 saturated heterocycles. The van der Waals surface area contributed by atoms with Gasteiger partial charge in [0.2, 0.25) is 0 Å². The van der Waals surface area contributed by atoms with Gasteiger partial charge >= 0.3 is 0 Å². The fraction of sp³-hybridized carbons (Fsp3) is 0.167. The molecule has 0 spiro atoms. The lowest BCUT2D eigenvalue weighted by atomic mass is 9.87. The van der Waals surface area contributed by atoms with E-state index >= 15 is 0 Å². The molecule has 1 heterocycles. The lowest BCUT2D eigenvalue weighted by Gasteiger charge is -2.26. The zero-order valence-corrected chi connectivity index (χ0v) is 11.9. The lowest BCUT2D eigenvalue weighted by molar-refractivity contribution is 0.603. The van der Waals surface area contributed by atoms with Crippen LogP contribution in [0.4, 0.5) is 0 Å². The quantitative estimate of drug-likeness (QED) is 0.874. The van der Waals surface area contributed by atoms with Gasteiger partial charge in [0.25, 0.3) is 0 Å². The van der Waals surface area contributed by atoms with Crippen LogP contribution in [0.2, 0.25) is 5.02 Å². The standard InChI is InChI=1S/C12H11BrClNS/c1-12(15,9-6-16-7-10(9)13)8-4-2-3-5-11(8)14/h2-7H,15H2,1H3. The molecular formula is C12H11BrClNS. The van der Waals surface area contributed by atoms with E-state index in [2.05, 4.69) is 15.9 Å². The average molecular weight is 317 g/mol. The van der Waals surface area contributed by atoms with E-state index in [1.54, 1.807) is 11.3 Å². The van der Waals surface area contributed by atoms with Crippen molar-refractivity contribution in [2.24, 2.45) is 5.73 Å². The third-order valence-electron chi connectivity index (χ3n) is 2.61. The number of halogens is 2. The highest BCUT2D eigenvalue weighted by molar-refractivity contribution is 9.10. The Morgan fingerprint density at radius 1 is 1.25 bits per heavy atom. The Morgan fingerprint density at radius 2 is 1.94 bits per heavy atom. The molecule has 2 aromatic rings. The number of benzene rings is 1. The van der Waals surface area contributed by atoms with Crippen LogP contribution in [-0.4, -0.2) is 0 Å². The van der Waals surface area contributed by atoms with E-state index in [1.807, 2.05) is 41.9 Å². The first-order valence-electron chi connectivity index (χ1n) is 4.79. The molecule has 1 nitrogen and oxygen atoms in total. The number of thiophene rings is 1. The summed E-state index contributed by atoms with van der Waals surface area (Å²) in [6, 6.07) is 7.69. The summed E-state index contributed by atoms with van der Waals surface area (Å²) < 4.78 is 1.03. The second-order valence-corrected chi connectivity index (χ2v) is 5.82. The van der Waals surface area contributed by atoms with Crippen LogP contribution in [0.25, 0.3) is 0 Å². The number of hydrogen-bond acceptors (Lipinski definition) is 2. The van der Waals surface area contributed by atoms with E-state index in [-0.39, 0.29) is 0 Å². The Labute approximate surface area is 112 Å². The van der Waals surface area contributed by atoms with Gasteiger partial charge in [-0.1, -0.05) is 29.8 Å². The predicted molar refractivity (Wildman–Crippen MR) is 74.1 cm³/mol. The van der Waals surface area contributed by atoms with Crippen molar-refractivity contribution >= 4 is 38.9 Å².